The lowest BCUT2D eigenvalue weighted by molar-refractivity contribution is 0.0575. The van der Waals surface area contributed by atoms with Gasteiger partial charge in [-0.3, -0.25) is 0 Å². The molecule has 1 aliphatic heterocycles. The van der Waals surface area contributed by atoms with E-state index in [4.69, 9.17) is 9.15 Å². The van der Waals surface area contributed by atoms with Crippen LogP contribution < -0.4 is 5.32 Å². The number of hydrogen-bond donors (Lipinski definition) is 2. The SMILES string of the molecule is O=C(Nc1ccc(SCc2ccco2)cc1)N1CCOCC(O)C1. The van der Waals surface area contributed by atoms with Crippen molar-refractivity contribution in [3.05, 3.63) is 48.4 Å². The number of nitrogens with zero attached hydrogens (tertiary/aromatic N) is 1. The number of urea groups is 1. The number of thioether (sulfide) groups is 1. The van der Waals surface area contributed by atoms with Crippen LogP contribution in [-0.2, 0) is 10.5 Å². The van der Waals surface area contributed by atoms with Crippen LogP contribution in [0.25, 0.3) is 0 Å². The minimum Gasteiger partial charge on any atom is -0.468 e. The van der Waals surface area contributed by atoms with Gasteiger partial charge < -0.3 is 24.5 Å². The van der Waals surface area contributed by atoms with Gasteiger partial charge in [0.2, 0.25) is 0 Å². The third kappa shape index (κ3) is 4.77. The average Bonchev–Trinajstić information content (AvgIpc) is 3.01. The molecule has 0 radical (unpaired) electrons. The molecule has 0 bridgehead atoms. The molecule has 2 heterocycles. The fourth-order valence-corrected chi connectivity index (χ4v) is 3.16. The van der Waals surface area contributed by atoms with Crippen molar-refractivity contribution in [1.29, 1.82) is 0 Å². The fraction of sp³-hybridized carbons (Fsp3) is 0.353. The van der Waals surface area contributed by atoms with Crippen LogP contribution in [0, 0.1) is 0 Å². The van der Waals surface area contributed by atoms with Gasteiger partial charge in [-0.25, -0.2) is 4.79 Å². The smallest absolute Gasteiger partial charge is 0.322 e. The van der Waals surface area contributed by atoms with Crippen LogP contribution in [0.5, 0.6) is 0 Å². The second-order valence-electron chi connectivity index (χ2n) is 5.50. The van der Waals surface area contributed by atoms with Gasteiger partial charge in [0, 0.05) is 17.1 Å². The van der Waals surface area contributed by atoms with E-state index in [-0.39, 0.29) is 19.2 Å². The van der Waals surface area contributed by atoms with E-state index >= 15 is 0 Å². The number of rotatable bonds is 4. The standard InChI is InChI=1S/C17H20N2O4S/c20-14-10-19(7-9-22-11-14)17(21)18-13-3-5-16(6-4-13)24-12-15-2-1-8-23-15/h1-6,8,14,20H,7,9-12H2,(H,18,21). The van der Waals surface area contributed by atoms with E-state index in [0.29, 0.717) is 13.2 Å². The highest BCUT2D eigenvalue weighted by Gasteiger charge is 2.20. The minimum atomic E-state index is -0.640. The van der Waals surface area contributed by atoms with Crippen molar-refractivity contribution >= 4 is 23.5 Å². The molecule has 1 saturated heterocycles. The molecule has 0 aliphatic carbocycles. The molecule has 1 atom stereocenters. The van der Waals surface area contributed by atoms with Crippen LogP contribution in [0.1, 0.15) is 5.76 Å². The summed E-state index contributed by atoms with van der Waals surface area (Å²) in [4.78, 5) is 14.9. The Labute approximate surface area is 144 Å². The zero-order valence-electron chi connectivity index (χ0n) is 13.2. The summed E-state index contributed by atoms with van der Waals surface area (Å²) in [5.74, 6) is 1.70. The summed E-state index contributed by atoms with van der Waals surface area (Å²) < 4.78 is 10.5. The first-order chi connectivity index (χ1) is 11.7. The molecule has 2 amide bonds. The van der Waals surface area contributed by atoms with Gasteiger partial charge >= 0.3 is 6.03 Å². The lowest BCUT2D eigenvalue weighted by Crippen LogP contribution is -2.40. The first-order valence-electron chi connectivity index (χ1n) is 7.78. The maximum atomic E-state index is 12.3. The molecule has 0 spiro atoms. The maximum absolute atomic E-state index is 12.3. The molecule has 0 saturated carbocycles. The number of nitrogens with one attached hydrogen (secondary N) is 1. The highest BCUT2D eigenvalue weighted by Crippen LogP contribution is 2.24. The van der Waals surface area contributed by atoms with Gasteiger partial charge in [0.1, 0.15) is 5.76 Å². The summed E-state index contributed by atoms with van der Waals surface area (Å²) in [6.07, 6.45) is 1.03. The number of benzene rings is 1. The third-order valence-corrected chi connectivity index (χ3v) is 4.64. The topological polar surface area (TPSA) is 74.9 Å². The monoisotopic (exact) mass is 348 g/mol. The second kappa shape index (κ2) is 8.23. The summed E-state index contributed by atoms with van der Waals surface area (Å²) >= 11 is 1.67. The van der Waals surface area contributed by atoms with Crippen molar-refractivity contribution in [2.75, 3.05) is 31.6 Å². The lowest BCUT2D eigenvalue weighted by Gasteiger charge is -2.21. The first-order valence-corrected chi connectivity index (χ1v) is 8.76. The van der Waals surface area contributed by atoms with E-state index in [2.05, 4.69) is 5.32 Å². The third-order valence-electron chi connectivity index (χ3n) is 3.60. The molecule has 3 rings (SSSR count). The Balaban J connectivity index is 1.52. The van der Waals surface area contributed by atoms with Crippen LogP contribution >= 0.6 is 11.8 Å². The Morgan fingerprint density at radius 1 is 1.33 bits per heavy atom. The lowest BCUT2D eigenvalue weighted by atomic mass is 10.3. The number of β-amino-alcohol motifs (C(OH)–C–C–N with tert-alkyl or cyclic N) is 1. The predicted molar refractivity (Wildman–Crippen MR) is 92.1 cm³/mol. The Kier molecular flexibility index (Phi) is 5.79. The maximum Gasteiger partial charge on any atom is 0.322 e. The highest BCUT2D eigenvalue weighted by atomic mass is 32.2. The van der Waals surface area contributed by atoms with Gasteiger partial charge in [0.15, 0.2) is 0 Å². The normalized spacial score (nSPS) is 18.2. The van der Waals surface area contributed by atoms with E-state index in [0.717, 1.165) is 22.1 Å². The van der Waals surface area contributed by atoms with Crippen molar-refractivity contribution in [3.8, 4) is 0 Å². The number of hydrogen-bond acceptors (Lipinski definition) is 5. The molecule has 2 N–H and O–H groups in total. The molecule has 1 unspecified atom stereocenters. The second-order valence-corrected chi connectivity index (χ2v) is 6.55. The molecule has 1 aromatic heterocycles. The Bertz CT molecular complexity index is 645. The van der Waals surface area contributed by atoms with E-state index in [9.17, 15) is 9.90 Å². The van der Waals surface area contributed by atoms with Crippen LogP contribution in [-0.4, -0.2) is 48.4 Å². The number of amides is 2. The van der Waals surface area contributed by atoms with Crippen molar-refractivity contribution in [1.82, 2.24) is 4.90 Å². The number of aliphatic hydroxyl groups is 1. The molecule has 128 valence electrons. The van der Waals surface area contributed by atoms with Gasteiger partial charge in [-0.05, 0) is 36.4 Å². The van der Waals surface area contributed by atoms with Crippen molar-refractivity contribution < 1.29 is 19.1 Å². The largest absolute Gasteiger partial charge is 0.468 e. The molecule has 6 nitrogen and oxygen atoms in total. The summed E-state index contributed by atoms with van der Waals surface area (Å²) in [7, 11) is 0. The molecule has 2 aromatic rings. The van der Waals surface area contributed by atoms with Crippen LogP contribution in [0.15, 0.2) is 52.0 Å². The van der Waals surface area contributed by atoms with E-state index in [1.807, 2.05) is 36.4 Å². The van der Waals surface area contributed by atoms with Gasteiger partial charge in [0.25, 0.3) is 0 Å². The molecular formula is C17H20N2O4S. The quantitative estimate of drug-likeness (QED) is 0.831. The van der Waals surface area contributed by atoms with E-state index in [1.54, 1.807) is 22.9 Å². The van der Waals surface area contributed by atoms with Gasteiger partial charge in [-0.2, -0.15) is 0 Å². The van der Waals surface area contributed by atoms with Gasteiger partial charge in [0.05, 0.1) is 37.9 Å². The van der Waals surface area contributed by atoms with E-state index in [1.165, 1.54) is 0 Å². The van der Waals surface area contributed by atoms with Crippen molar-refractivity contribution in [2.24, 2.45) is 0 Å². The van der Waals surface area contributed by atoms with Crippen molar-refractivity contribution in [3.63, 3.8) is 0 Å². The number of carbonyl (C=O) groups is 1. The summed E-state index contributed by atoms with van der Waals surface area (Å²) in [5, 5.41) is 12.5. The highest BCUT2D eigenvalue weighted by molar-refractivity contribution is 7.98. The minimum absolute atomic E-state index is 0.226. The predicted octanol–water partition coefficient (Wildman–Crippen LogP) is 2.80. The van der Waals surface area contributed by atoms with E-state index < -0.39 is 6.10 Å². The average molecular weight is 348 g/mol. The Morgan fingerprint density at radius 2 is 2.17 bits per heavy atom. The fourth-order valence-electron chi connectivity index (χ4n) is 2.36. The molecule has 7 heteroatoms. The van der Waals surface area contributed by atoms with Crippen LogP contribution in [0.2, 0.25) is 0 Å². The Morgan fingerprint density at radius 3 is 2.92 bits per heavy atom. The number of aliphatic hydroxyl groups excluding tert-OH is 1. The summed E-state index contributed by atoms with van der Waals surface area (Å²) in [5.41, 5.74) is 0.724. The molecule has 1 aromatic carbocycles. The van der Waals surface area contributed by atoms with Gasteiger partial charge in [-0.15, -0.1) is 11.8 Å². The van der Waals surface area contributed by atoms with Crippen molar-refractivity contribution in [2.45, 2.75) is 16.8 Å². The van der Waals surface area contributed by atoms with Crippen LogP contribution in [0.4, 0.5) is 10.5 Å². The number of anilines is 1. The first kappa shape index (κ1) is 16.9. The zero-order valence-corrected chi connectivity index (χ0v) is 14.0. The van der Waals surface area contributed by atoms with Crippen LogP contribution in [0.3, 0.4) is 0 Å². The number of ether oxygens (including phenoxy) is 1. The molecule has 24 heavy (non-hydrogen) atoms. The van der Waals surface area contributed by atoms with Gasteiger partial charge in [-0.1, -0.05) is 0 Å². The summed E-state index contributed by atoms with van der Waals surface area (Å²) in [6, 6.07) is 11.3. The number of furan rings is 1. The molecule has 1 aliphatic rings. The molecule has 1 fully saturated rings. The zero-order chi connectivity index (χ0) is 16.8. The molecular weight excluding hydrogens is 328 g/mol. The summed E-state index contributed by atoms with van der Waals surface area (Å²) in [6.45, 7) is 1.46. The number of carbonyl (C=O) groups excluding carboxylic acids is 1. The Hall–Kier alpha value is -1.96.